The zero-order valence-corrected chi connectivity index (χ0v) is 19.7. The van der Waals surface area contributed by atoms with Crippen LogP contribution in [0, 0.1) is 0 Å². The monoisotopic (exact) mass is 522 g/mol. The van der Waals surface area contributed by atoms with Gasteiger partial charge in [0.2, 0.25) is 15.7 Å². The highest BCUT2D eigenvalue weighted by atomic mass is 35.6. The van der Waals surface area contributed by atoms with Crippen molar-refractivity contribution in [1.82, 2.24) is 20.5 Å². The number of dihydropyridines is 1. The number of alkyl halides is 4. The van der Waals surface area contributed by atoms with Crippen LogP contribution in [0.15, 0.2) is 46.8 Å². The molecule has 0 fully saturated rings. The molecule has 1 aromatic carbocycles. The number of ether oxygens (including phenoxy) is 1. The molecule has 0 saturated carbocycles. The molecule has 1 unspecified atom stereocenters. The van der Waals surface area contributed by atoms with Gasteiger partial charge in [0, 0.05) is 22.3 Å². The Hall–Kier alpha value is -2.20. The summed E-state index contributed by atoms with van der Waals surface area (Å²) in [6.45, 7) is 0.456. The lowest BCUT2D eigenvalue weighted by atomic mass is 9.81. The molecule has 1 aliphatic rings. The van der Waals surface area contributed by atoms with Crippen molar-refractivity contribution in [3.8, 4) is 0 Å². The molecule has 0 spiro atoms. The van der Waals surface area contributed by atoms with Crippen LogP contribution in [0.5, 0.6) is 0 Å². The Balaban J connectivity index is 2.06. The van der Waals surface area contributed by atoms with E-state index in [4.69, 9.17) is 56.9 Å². The van der Waals surface area contributed by atoms with Gasteiger partial charge in [-0.15, -0.1) is 5.10 Å². The summed E-state index contributed by atoms with van der Waals surface area (Å²) in [5, 5.41) is 12.7. The SMILES string of the molecule is CC1=C(CF)NC(CNc2n[nH]c(N)n2)=C(C(=O)OCC(Cl)(Cl)Cl)C1c1ccccc1Cl. The first kappa shape index (κ1) is 24.4. The zero-order valence-electron chi connectivity index (χ0n) is 16.7. The molecule has 172 valence electrons. The zero-order chi connectivity index (χ0) is 23.5. The molecule has 1 aromatic heterocycles. The average Bonchev–Trinajstić information content (AvgIpc) is 3.16. The molecule has 0 amide bonds. The molecule has 3 rings (SSSR count). The molecule has 5 N–H and O–H groups in total. The number of carbonyl (C=O) groups is 1. The van der Waals surface area contributed by atoms with Crippen molar-refractivity contribution in [1.29, 1.82) is 0 Å². The number of hydrogen-bond acceptors (Lipinski definition) is 7. The fraction of sp³-hybridized carbons (Fsp3) is 0.316. The van der Waals surface area contributed by atoms with Crippen LogP contribution in [0.4, 0.5) is 16.3 Å². The molecule has 0 radical (unpaired) electrons. The predicted octanol–water partition coefficient (Wildman–Crippen LogP) is 4.25. The molecule has 8 nitrogen and oxygen atoms in total. The smallest absolute Gasteiger partial charge is 0.336 e. The number of H-pyrrole nitrogens is 1. The molecule has 2 aromatic rings. The summed E-state index contributed by atoms with van der Waals surface area (Å²) >= 11 is 23.7. The molecule has 0 aliphatic carbocycles. The summed E-state index contributed by atoms with van der Waals surface area (Å²) in [6, 6.07) is 6.95. The number of halogens is 5. The van der Waals surface area contributed by atoms with Gasteiger partial charge >= 0.3 is 5.97 Å². The summed E-state index contributed by atoms with van der Waals surface area (Å²) in [4.78, 5) is 17.1. The Kier molecular flexibility index (Phi) is 7.76. The highest BCUT2D eigenvalue weighted by Gasteiger charge is 2.36. The lowest BCUT2D eigenvalue weighted by Gasteiger charge is -2.32. The van der Waals surface area contributed by atoms with Crippen LogP contribution in [0.25, 0.3) is 0 Å². The summed E-state index contributed by atoms with van der Waals surface area (Å²) in [7, 11) is 0. The number of carbonyl (C=O) groups excluding carboxylic acids is 1. The second-order valence-electron chi connectivity index (χ2n) is 6.86. The number of nitrogens with zero attached hydrogens (tertiary/aromatic N) is 2. The lowest BCUT2D eigenvalue weighted by molar-refractivity contribution is -0.139. The number of allylic oxidation sites excluding steroid dienone is 2. The van der Waals surface area contributed by atoms with Gasteiger partial charge in [-0.2, -0.15) is 4.98 Å². The lowest BCUT2D eigenvalue weighted by Crippen LogP contribution is -2.34. The number of rotatable bonds is 7. The highest BCUT2D eigenvalue weighted by molar-refractivity contribution is 6.67. The maximum absolute atomic E-state index is 13.9. The van der Waals surface area contributed by atoms with Gasteiger partial charge in [-0.25, -0.2) is 14.3 Å². The number of esters is 1. The van der Waals surface area contributed by atoms with E-state index < -0.39 is 29.0 Å². The minimum atomic E-state index is -1.80. The number of aromatic amines is 1. The number of nitrogens with one attached hydrogen (secondary N) is 3. The second kappa shape index (κ2) is 10.2. The van der Waals surface area contributed by atoms with Crippen molar-refractivity contribution in [3.05, 3.63) is 57.4 Å². The summed E-state index contributed by atoms with van der Waals surface area (Å²) in [6.07, 6.45) is 0. The van der Waals surface area contributed by atoms with Crippen LogP contribution in [-0.4, -0.2) is 44.8 Å². The molecule has 13 heteroatoms. The van der Waals surface area contributed by atoms with E-state index in [2.05, 4.69) is 25.8 Å². The Morgan fingerprint density at radius 2 is 2.03 bits per heavy atom. The van der Waals surface area contributed by atoms with Gasteiger partial charge in [-0.1, -0.05) is 64.6 Å². The Morgan fingerprint density at radius 1 is 1.31 bits per heavy atom. The van der Waals surface area contributed by atoms with Gasteiger partial charge < -0.3 is 21.1 Å². The number of benzene rings is 1. The quantitative estimate of drug-likeness (QED) is 0.316. The molecule has 1 aliphatic heterocycles. The number of nitrogens with two attached hydrogens (primary N) is 1. The molecular formula is C19H19Cl4FN6O2. The fourth-order valence-electron chi connectivity index (χ4n) is 3.28. The van der Waals surface area contributed by atoms with E-state index in [1.807, 2.05) is 0 Å². The van der Waals surface area contributed by atoms with Gasteiger partial charge in [0.05, 0.1) is 12.1 Å². The molecule has 0 bridgehead atoms. The van der Waals surface area contributed by atoms with E-state index >= 15 is 0 Å². The fourth-order valence-corrected chi connectivity index (χ4v) is 3.68. The van der Waals surface area contributed by atoms with E-state index in [9.17, 15) is 9.18 Å². The van der Waals surface area contributed by atoms with Crippen molar-refractivity contribution in [3.63, 3.8) is 0 Å². The van der Waals surface area contributed by atoms with Crippen molar-refractivity contribution < 1.29 is 13.9 Å². The van der Waals surface area contributed by atoms with Crippen LogP contribution in [0.1, 0.15) is 18.4 Å². The topological polar surface area (TPSA) is 118 Å². The van der Waals surface area contributed by atoms with Crippen LogP contribution in [0.3, 0.4) is 0 Å². The van der Waals surface area contributed by atoms with Crippen LogP contribution >= 0.6 is 46.4 Å². The predicted molar refractivity (Wildman–Crippen MR) is 124 cm³/mol. The minimum absolute atomic E-state index is 0.0211. The average molecular weight is 524 g/mol. The third kappa shape index (κ3) is 5.78. The molecular weight excluding hydrogens is 505 g/mol. The van der Waals surface area contributed by atoms with E-state index in [1.54, 1.807) is 31.2 Å². The van der Waals surface area contributed by atoms with Crippen molar-refractivity contribution in [2.24, 2.45) is 0 Å². The summed E-state index contributed by atoms with van der Waals surface area (Å²) in [5.41, 5.74) is 7.49. The van der Waals surface area contributed by atoms with E-state index in [1.165, 1.54) is 0 Å². The molecule has 0 saturated heterocycles. The van der Waals surface area contributed by atoms with Gasteiger partial charge in [0.15, 0.2) is 0 Å². The van der Waals surface area contributed by atoms with Crippen molar-refractivity contribution in [2.45, 2.75) is 16.6 Å². The first-order valence-electron chi connectivity index (χ1n) is 9.26. The summed E-state index contributed by atoms with van der Waals surface area (Å²) < 4.78 is 17.3. The highest BCUT2D eigenvalue weighted by Crippen LogP contribution is 2.41. The Labute approximate surface area is 203 Å². The molecule has 2 heterocycles. The molecule has 1 atom stereocenters. The number of hydrogen-bond donors (Lipinski definition) is 4. The number of nitrogen functional groups attached to an aromatic ring is 1. The number of anilines is 2. The standard InChI is InChI=1S/C19H19Cl4FN6O2/c1-9-12(6-24)27-13(7-26-18-28-17(25)29-30-18)15(16(31)32-8-19(21,22)23)14(9)10-4-2-3-5-11(10)20/h2-5,14,27H,6-8H2,1H3,(H4,25,26,28,29,30). The van der Waals surface area contributed by atoms with E-state index in [0.29, 0.717) is 27.6 Å². The first-order chi connectivity index (χ1) is 15.1. The van der Waals surface area contributed by atoms with Crippen LogP contribution in [-0.2, 0) is 9.53 Å². The van der Waals surface area contributed by atoms with Gasteiger partial charge in [0.25, 0.3) is 0 Å². The van der Waals surface area contributed by atoms with Gasteiger partial charge in [-0.3, -0.25) is 0 Å². The van der Waals surface area contributed by atoms with E-state index in [0.717, 1.165) is 0 Å². The van der Waals surface area contributed by atoms with Gasteiger partial charge in [0.1, 0.15) is 13.3 Å². The van der Waals surface area contributed by atoms with Crippen LogP contribution < -0.4 is 16.4 Å². The maximum Gasteiger partial charge on any atom is 0.336 e. The number of aromatic nitrogens is 3. The van der Waals surface area contributed by atoms with Crippen molar-refractivity contribution >= 4 is 64.3 Å². The molecule has 32 heavy (non-hydrogen) atoms. The largest absolute Gasteiger partial charge is 0.458 e. The Bertz CT molecular complexity index is 1070. The summed E-state index contributed by atoms with van der Waals surface area (Å²) in [5.74, 6) is -1.16. The third-order valence-corrected chi connectivity index (χ3v) is 5.36. The first-order valence-corrected chi connectivity index (χ1v) is 10.8. The minimum Gasteiger partial charge on any atom is -0.458 e. The second-order valence-corrected chi connectivity index (χ2v) is 9.78. The van der Waals surface area contributed by atoms with Crippen molar-refractivity contribution in [2.75, 3.05) is 30.9 Å². The van der Waals surface area contributed by atoms with Crippen LogP contribution in [0.2, 0.25) is 5.02 Å². The Morgan fingerprint density at radius 3 is 2.62 bits per heavy atom. The normalized spacial score (nSPS) is 16.8. The van der Waals surface area contributed by atoms with E-state index in [-0.39, 0.29) is 24.0 Å². The third-order valence-electron chi connectivity index (χ3n) is 4.69. The maximum atomic E-state index is 13.9. The van der Waals surface area contributed by atoms with Gasteiger partial charge in [-0.05, 0) is 24.1 Å².